The molecule has 0 spiro atoms. The van der Waals surface area contributed by atoms with Crippen molar-refractivity contribution in [2.75, 3.05) is 0 Å². The van der Waals surface area contributed by atoms with Crippen molar-refractivity contribution < 1.29 is 0 Å². The first kappa shape index (κ1) is 12.6. The van der Waals surface area contributed by atoms with Gasteiger partial charge >= 0.3 is 0 Å². The van der Waals surface area contributed by atoms with Gasteiger partial charge in [-0.2, -0.15) is 0 Å². The predicted octanol–water partition coefficient (Wildman–Crippen LogP) is 4.14. The summed E-state index contributed by atoms with van der Waals surface area (Å²) < 4.78 is 0. The molecule has 1 nitrogen and oxygen atoms in total. The summed E-state index contributed by atoms with van der Waals surface area (Å²) in [7, 11) is 0. The van der Waals surface area contributed by atoms with Gasteiger partial charge in [0.05, 0.1) is 0 Å². The molecule has 1 heteroatoms. The number of nitrogens with one attached hydrogen (secondary N) is 1. The number of benzene rings is 1. The molecular formula is C16H25N. The molecule has 17 heavy (non-hydrogen) atoms. The highest BCUT2D eigenvalue weighted by molar-refractivity contribution is 5.14. The second-order valence-corrected chi connectivity index (χ2v) is 5.41. The van der Waals surface area contributed by atoms with E-state index in [0.717, 1.165) is 12.5 Å². The average molecular weight is 231 g/mol. The predicted molar refractivity (Wildman–Crippen MR) is 73.9 cm³/mol. The normalized spacial score (nSPS) is 19.8. The molecule has 0 radical (unpaired) electrons. The third-order valence-corrected chi connectivity index (χ3v) is 4.08. The first-order valence-electron chi connectivity index (χ1n) is 7.13. The fourth-order valence-corrected chi connectivity index (χ4v) is 2.85. The summed E-state index contributed by atoms with van der Waals surface area (Å²) in [6.07, 6.45) is 8.60. The van der Waals surface area contributed by atoms with E-state index in [2.05, 4.69) is 42.6 Å². The maximum absolute atomic E-state index is 3.70. The lowest BCUT2D eigenvalue weighted by molar-refractivity contribution is 0.336. The van der Waals surface area contributed by atoms with Crippen LogP contribution in [0.25, 0.3) is 0 Å². The van der Waals surface area contributed by atoms with Crippen LogP contribution in [0.15, 0.2) is 30.3 Å². The van der Waals surface area contributed by atoms with Gasteiger partial charge in [0.15, 0.2) is 0 Å². The molecule has 1 N–H and O–H groups in total. The lowest BCUT2D eigenvalue weighted by atomic mass is 9.93. The molecule has 0 aliphatic heterocycles. The third kappa shape index (κ3) is 4.16. The van der Waals surface area contributed by atoms with Crippen molar-refractivity contribution in [3.05, 3.63) is 35.9 Å². The Labute approximate surface area is 106 Å². The van der Waals surface area contributed by atoms with Gasteiger partial charge in [-0.05, 0) is 31.2 Å². The number of hydrogen-bond donors (Lipinski definition) is 1. The van der Waals surface area contributed by atoms with E-state index in [1.807, 2.05) is 0 Å². The molecule has 0 heterocycles. The van der Waals surface area contributed by atoms with Crippen LogP contribution >= 0.6 is 0 Å². The summed E-state index contributed by atoms with van der Waals surface area (Å²) in [5.41, 5.74) is 1.40. The Morgan fingerprint density at radius 2 is 1.71 bits per heavy atom. The van der Waals surface area contributed by atoms with E-state index in [9.17, 15) is 0 Å². The van der Waals surface area contributed by atoms with E-state index in [4.69, 9.17) is 0 Å². The lowest BCUT2D eigenvalue weighted by Gasteiger charge is -2.23. The molecule has 0 saturated heterocycles. The quantitative estimate of drug-likeness (QED) is 0.768. The molecule has 1 aromatic rings. The maximum Gasteiger partial charge on any atom is 0.0208 e. The fourth-order valence-electron chi connectivity index (χ4n) is 2.85. The number of hydrogen-bond acceptors (Lipinski definition) is 1. The highest BCUT2D eigenvalue weighted by atomic mass is 14.9. The molecule has 1 fully saturated rings. The summed E-state index contributed by atoms with van der Waals surface area (Å²) in [4.78, 5) is 0. The molecule has 0 aromatic heterocycles. The topological polar surface area (TPSA) is 12.0 Å². The molecule has 94 valence electrons. The standard InChI is InChI=1S/C16H25N/c1-14(16-11-7-2-3-8-12-16)17-13-15-9-5-4-6-10-15/h4-6,9-10,14,16-17H,2-3,7-8,11-13H2,1H3. The largest absolute Gasteiger partial charge is 0.310 e. The van der Waals surface area contributed by atoms with Gasteiger partial charge in [0, 0.05) is 12.6 Å². The van der Waals surface area contributed by atoms with Gasteiger partial charge in [-0.25, -0.2) is 0 Å². The molecule has 1 aliphatic carbocycles. The van der Waals surface area contributed by atoms with Gasteiger partial charge in [-0.15, -0.1) is 0 Å². The molecule has 1 atom stereocenters. The Morgan fingerprint density at radius 3 is 2.35 bits per heavy atom. The van der Waals surface area contributed by atoms with E-state index < -0.39 is 0 Å². The highest BCUT2D eigenvalue weighted by Gasteiger charge is 2.18. The van der Waals surface area contributed by atoms with Crippen molar-refractivity contribution in [1.82, 2.24) is 5.32 Å². The first-order valence-corrected chi connectivity index (χ1v) is 7.13. The zero-order valence-electron chi connectivity index (χ0n) is 11.0. The fraction of sp³-hybridized carbons (Fsp3) is 0.625. The van der Waals surface area contributed by atoms with E-state index in [1.165, 1.54) is 44.1 Å². The summed E-state index contributed by atoms with van der Waals surface area (Å²) in [5.74, 6) is 0.890. The van der Waals surface area contributed by atoms with E-state index in [0.29, 0.717) is 6.04 Å². The van der Waals surface area contributed by atoms with Crippen LogP contribution in [0.4, 0.5) is 0 Å². The summed E-state index contributed by atoms with van der Waals surface area (Å²) >= 11 is 0. The Hall–Kier alpha value is -0.820. The van der Waals surface area contributed by atoms with Gasteiger partial charge in [0.2, 0.25) is 0 Å². The molecule has 2 rings (SSSR count). The van der Waals surface area contributed by atoms with Gasteiger partial charge < -0.3 is 5.32 Å². The zero-order chi connectivity index (χ0) is 11.9. The molecular weight excluding hydrogens is 206 g/mol. The number of rotatable bonds is 4. The van der Waals surface area contributed by atoms with Crippen molar-refractivity contribution in [2.24, 2.45) is 5.92 Å². The van der Waals surface area contributed by atoms with Gasteiger partial charge in [-0.1, -0.05) is 56.0 Å². The first-order chi connectivity index (χ1) is 8.36. The van der Waals surface area contributed by atoms with Crippen molar-refractivity contribution >= 4 is 0 Å². The van der Waals surface area contributed by atoms with Crippen molar-refractivity contribution in [3.63, 3.8) is 0 Å². The summed E-state index contributed by atoms with van der Waals surface area (Å²) in [6, 6.07) is 11.4. The lowest BCUT2D eigenvalue weighted by Crippen LogP contribution is -2.32. The third-order valence-electron chi connectivity index (χ3n) is 4.08. The monoisotopic (exact) mass is 231 g/mol. The van der Waals surface area contributed by atoms with Crippen LogP contribution in [-0.4, -0.2) is 6.04 Å². The molecule has 1 aromatic carbocycles. The smallest absolute Gasteiger partial charge is 0.0208 e. The molecule has 1 unspecified atom stereocenters. The van der Waals surface area contributed by atoms with Crippen LogP contribution < -0.4 is 5.32 Å². The van der Waals surface area contributed by atoms with Crippen molar-refractivity contribution in [3.8, 4) is 0 Å². The minimum absolute atomic E-state index is 0.660. The maximum atomic E-state index is 3.70. The SMILES string of the molecule is CC(NCc1ccccc1)C1CCCCCC1. The van der Waals surface area contributed by atoms with Gasteiger partial charge in [-0.3, -0.25) is 0 Å². The van der Waals surface area contributed by atoms with Crippen LogP contribution in [0.3, 0.4) is 0 Å². The van der Waals surface area contributed by atoms with Crippen LogP contribution in [0.2, 0.25) is 0 Å². The van der Waals surface area contributed by atoms with Crippen LogP contribution in [0.5, 0.6) is 0 Å². The Morgan fingerprint density at radius 1 is 1.06 bits per heavy atom. The highest BCUT2D eigenvalue weighted by Crippen LogP contribution is 2.25. The van der Waals surface area contributed by atoms with Crippen molar-refractivity contribution in [2.45, 2.75) is 58.0 Å². The molecule has 0 bridgehead atoms. The van der Waals surface area contributed by atoms with E-state index in [-0.39, 0.29) is 0 Å². The van der Waals surface area contributed by atoms with Gasteiger partial charge in [0.25, 0.3) is 0 Å². The van der Waals surface area contributed by atoms with Crippen LogP contribution in [0, 0.1) is 5.92 Å². The van der Waals surface area contributed by atoms with Crippen molar-refractivity contribution in [1.29, 1.82) is 0 Å². The average Bonchev–Trinajstić information content (AvgIpc) is 2.66. The van der Waals surface area contributed by atoms with Gasteiger partial charge in [0.1, 0.15) is 0 Å². The minimum Gasteiger partial charge on any atom is -0.310 e. The summed E-state index contributed by atoms with van der Waals surface area (Å²) in [6.45, 7) is 3.37. The Bertz CT molecular complexity index is 299. The van der Waals surface area contributed by atoms with E-state index >= 15 is 0 Å². The summed E-state index contributed by atoms with van der Waals surface area (Å²) in [5, 5.41) is 3.70. The van der Waals surface area contributed by atoms with E-state index in [1.54, 1.807) is 0 Å². The minimum atomic E-state index is 0.660. The van der Waals surface area contributed by atoms with Crippen LogP contribution in [-0.2, 0) is 6.54 Å². The second kappa shape index (κ2) is 6.80. The Balaban J connectivity index is 1.78. The Kier molecular flexibility index (Phi) is 5.06. The molecule has 1 aliphatic rings. The zero-order valence-corrected chi connectivity index (χ0v) is 11.0. The molecule has 1 saturated carbocycles. The second-order valence-electron chi connectivity index (χ2n) is 5.41. The van der Waals surface area contributed by atoms with Crippen LogP contribution in [0.1, 0.15) is 51.0 Å². The molecule has 0 amide bonds.